The van der Waals surface area contributed by atoms with Gasteiger partial charge in [0.15, 0.2) is 17.0 Å². The molecule has 4 aromatic rings. The molecule has 1 aromatic carbocycles. The maximum atomic E-state index is 14.4. The molecule has 184 valence electrons. The number of nitrogens with zero attached hydrogens (tertiary/aromatic N) is 6. The average molecular weight is 489 g/mol. The van der Waals surface area contributed by atoms with Crippen LogP contribution in [0.3, 0.4) is 0 Å². The Bertz CT molecular complexity index is 1480. The van der Waals surface area contributed by atoms with Gasteiger partial charge >= 0.3 is 0 Å². The van der Waals surface area contributed by atoms with E-state index in [4.69, 9.17) is 15.7 Å². The molecule has 1 aliphatic carbocycles. The van der Waals surface area contributed by atoms with Gasteiger partial charge in [0, 0.05) is 37.9 Å². The lowest BCUT2D eigenvalue weighted by Crippen LogP contribution is -2.44. The first-order valence-corrected chi connectivity index (χ1v) is 12.4. The topological polar surface area (TPSA) is 99.9 Å². The van der Waals surface area contributed by atoms with E-state index >= 15 is 0 Å². The largest absolute Gasteiger partial charge is 0.355 e. The van der Waals surface area contributed by atoms with Crippen molar-refractivity contribution >= 4 is 28.5 Å². The molecule has 3 N–H and O–H groups in total. The molecule has 5 heterocycles. The molecular weight excluding hydrogens is 462 g/mol. The summed E-state index contributed by atoms with van der Waals surface area (Å²) < 4.78 is 28.3. The summed E-state index contributed by atoms with van der Waals surface area (Å²) in [6, 6.07) is 6.00. The third kappa shape index (κ3) is 3.20. The maximum Gasteiger partial charge on any atom is 0.183 e. The van der Waals surface area contributed by atoms with Crippen LogP contribution in [0.2, 0.25) is 0 Å². The van der Waals surface area contributed by atoms with E-state index in [1.807, 2.05) is 12.3 Å². The monoisotopic (exact) mass is 488 g/mol. The first kappa shape index (κ1) is 21.6. The lowest BCUT2D eigenvalue weighted by Gasteiger charge is -2.42. The molecule has 7 rings (SSSR count). The van der Waals surface area contributed by atoms with E-state index in [0.29, 0.717) is 23.2 Å². The zero-order valence-corrected chi connectivity index (χ0v) is 19.7. The Morgan fingerprint density at radius 3 is 2.83 bits per heavy atom. The fraction of sp³-hybridized carbons (Fsp3) is 0.385. The average Bonchev–Trinajstić information content (AvgIpc) is 3.43. The van der Waals surface area contributed by atoms with E-state index in [0.717, 1.165) is 79.9 Å². The number of fused-ring (bicyclic) bond motifs is 3. The van der Waals surface area contributed by atoms with Crippen molar-refractivity contribution < 1.29 is 8.78 Å². The zero-order valence-electron chi connectivity index (χ0n) is 19.7. The molecule has 0 bridgehead atoms. The summed E-state index contributed by atoms with van der Waals surface area (Å²) in [7, 11) is 0. The number of hydrogen-bond acceptors (Lipinski definition) is 7. The highest BCUT2D eigenvalue weighted by Gasteiger charge is 2.47. The summed E-state index contributed by atoms with van der Waals surface area (Å²) in [5, 5.41) is 7.62. The second-order valence-corrected chi connectivity index (χ2v) is 10.2. The number of halogens is 2. The number of pyridine rings is 1. The van der Waals surface area contributed by atoms with E-state index in [9.17, 15) is 8.78 Å². The van der Waals surface area contributed by atoms with E-state index in [2.05, 4.69) is 31.0 Å². The smallest absolute Gasteiger partial charge is 0.183 e. The Labute approximate surface area is 206 Å². The van der Waals surface area contributed by atoms with E-state index in [1.165, 1.54) is 6.07 Å². The second kappa shape index (κ2) is 7.92. The van der Waals surface area contributed by atoms with Gasteiger partial charge in [-0.15, -0.1) is 0 Å². The van der Waals surface area contributed by atoms with Crippen LogP contribution in [0.25, 0.3) is 11.2 Å². The Hall–Kier alpha value is -3.66. The molecule has 1 spiro atoms. The van der Waals surface area contributed by atoms with Gasteiger partial charge in [-0.3, -0.25) is 10.1 Å². The van der Waals surface area contributed by atoms with Crippen molar-refractivity contribution in [2.75, 3.05) is 29.4 Å². The maximum absolute atomic E-state index is 14.4. The first-order chi connectivity index (χ1) is 17.5. The summed E-state index contributed by atoms with van der Waals surface area (Å²) in [5.74, 6) is 0.482. The van der Waals surface area contributed by atoms with Gasteiger partial charge in [-0.1, -0.05) is 0 Å². The molecule has 36 heavy (non-hydrogen) atoms. The molecule has 10 heteroatoms. The van der Waals surface area contributed by atoms with Crippen molar-refractivity contribution in [3.05, 3.63) is 65.1 Å². The summed E-state index contributed by atoms with van der Waals surface area (Å²) >= 11 is 0. The fourth-order valence-electron chi connectivity index (χ4n) is 6.28. The highest BCUT2D eigenvalue weighted by atomic mass is 19.1. The van der Waals surface area contributed by atoms with Crippen molar-refractivity contribution in [2.24, 2.45) is 11.1 Å². The van der Waals surface area contributed by atoms with Crippen molar-refractivity contribution in [3.63, 3.8) is 0 Å². The molecule has 0 radical (unpaired) electrons. The fourth-order valence-corrected chi connectivity index (χ4v) is 6.28. The molecule has 3 aliphatic rings. The van der Waals surface area contributed by atoms with Crippen molar-refractivity contribution in [2.45, 2.75) is 38.1 Å². The number of H-pyrrole nitrogens is 1. The SMILES string of the molecule is N[C@@H]1c2cc(F)cc(F)c2CC12CCN(c1cnc3c(N4CCCc5ncccc54)n[nH]c3n1)CC2. The Balaban J connectivity index is 1.12. The van der Waals surface area contributed by atoms with Crippen LogP contribution in [0.15, 0.2) is 36.7 Å². The van der Waals surface area contributed by atoms with Crippen molar-refractivity contribution in [3.8, 4) is 0 Å². The predicted octanol–water partition coefficient (Wildman–Crippen LogP) is 3.95. The number of anilines is 3. The number of nitrogens with two attached hydrogens (primary N) is 1. The molecule has 1 atom stereocenters. The Morgan fingerprint density at radius 1 is 1.11 bits per heavy atom. The van der Waals surface area contributed by atoms with E-state index in [-0.39, 0.29) is 11.5 Å². The molecule has 1 saturated heterocycles. The molecule has 1 fully saturated rings. The first-order valence-electron chi connectivity index (χ1n) is 12.4. The van der Waals surface area contributed by atoms with Crippen LogP contribution in [0.1, 0.15) is 42.1 Å². The van der Waals surface area contributed by atoms with Gasteiger partial charge in [-0.05, 0) is 66.8 Å². The summed E-state index contributed by atoms with van der Waals surface area (Å²) in [6.07, 6.45) is 7.67. The van der Waals surface area contributed by atoms with E-state index in [1.54, 1.807) is 6.20 Å². The third-order valence-electron chi connectivity index (χ3n) is 8.25. The summed E-state index contributed by atoms with van der Waals surface area (Å²) in [4.78, 5) is 18.4. The normalized spacial score (nSPS) is 20.7. The van der Waals surface area contributed by atoms with Crippen LogP contribution in [0.5, 0.6) is 0 Å². The van der Waals surface area contributed by atoms with Gasteiger partial charge in [0.1, 0.15) is 17.5 Å². The standard InChI is InChI=1S/C26H26F2N8/c27-15-11-16-17(18(28)12-15)13-26(23(16)29)5-9-35(10-6-26)21-14-31-22-24(32-21)33-34-25(22)36-8-2-3-19-20(36)4-1-7-30-19/h1,4,7,11-12,14,23H,2-3,5-6,8-10,13,29H2,(H,32,33,34)/t23-/m1/s1. The molecular formula is C26H26F2N8. The highest BCUT2D eigenvalue weighted by molar-refractivity contribution is 5.87. The number of aromatic nitrogens is 5. The molecule has 0 amide bonds. The summed E-state index contributed by atoms with van der Waals surface area (Å²) in [5.41, 5.74) is 11.0. The van der Waals surface area contributed by atoms with Crippen molar-refractivity contribution in [1.82, 2.24) is 25.1 Å². The highest BCUT2D eigenvalue weighted by Crippen LogP contribution is 2.51. The predicted molar refractivity (Wildman–Crippen MR) is 132 cm³/mol. The zero-order chi connectivity index (χ0) is 24.4. The second-order valence-electron chi connectivity index (χ2n) is 10.2. The number of aromatic amines is 1. The number of aryl methyl sites for hydroxylation is 1. The van der Waals surface area contributed by atoms with Gasteiger partial charge in [-0.25, -0.2) is 18.7 Å². The number of nitrogens with one attached hydrogen (secondary N) is 1. The van der Waals surface area contributed by atoms with Crippen LogP contribution >= 0.6 is 0 Å². The van der Waals surface area contributed by atoms with Crippen LogP contribution < -0.4 is 15.5 Å². The van der Waals surface area contributed by atoms with Gasteiger partial charge in [-0.2, -0.15) is 5.10 Å². The Morgan fingerprint density at radius 2 is 1.97 bits per heavy atom. The van der Waals surface area contributed by atoms with Crippen LogP contribution in [0.4, 0.5) is 26.1 Å². The number of rotatable bonds is 2. The molecule has 3 aromatic heterocycles. The third-order valence-corrected chi connectivity index (χ3v) is 8.25. The minimum absolute atomic E-state index is 0.262. The Kier molecular flexibility index (Phi) is 4.76. The number of hydrogen-bond donors (Lipinski definition) is 2. The minimum atomic E-state index is -0.567. The van der Waals surface area contributed by atoms with Gasteiger partial charge < -0.3 is 15.5 Å². The molecule has 0 saturated carbocycles. The van der Waals surface area contributed by atoms with Crippen LogP contribution in [0, 0.1) is 17.0 Å². The minimum Gasteiger partial charge on any atom is -0.355 e. The van der Waals surface area contributed by atoms with Crippen molar-refractivity contribution in [1.29, 1.82) is 0 Å². The van der Waals surface area contributed by atoms with Gasteiger partial charge in [0.2, 0.25) is 0 Å². The molecule has 2 aliphatic heterocycles. The van der Waals surface area contributed by atoms with Gasteiger partial charge in [0.25, 0.3) is 0 Å². The number of benzene rings is 1. The van der Waals surface area contributed by atoms with Crippen LogP contribution in [-0.4, -0.2) is 44.8 Å². The molecule has 8 nitrogen and oxygen atoms in total. The summed E-state index contributed by atoms with van der Waals surface area (Å²) in [6.45, 7) is 2.29. The van der Waals surface area contributed by atoms with Crippen LogP contribution in [-0.2, 0) is 12.8 Å². The lowest BCUT2D eigenvalue weighted by atomic mass is 9.73. The quantitative estimate of drug-likeness (QED) is 0.441. The number of piperidine rings is 1. The van der Waals surface area contributed by atoms with Gasteiger partial charge in [0.05, 0.1) is 17.6 Å². The lowest BCUT2D eigenvalue weighted by molar-refractivity contribution is 0.186. The molecule has 0 unspecified atom stereocenters. The van der Waals surface area contributed by atoms with E-state index < -0.39 is 11.6 Å².